The molecule has 0 spiro atoms. The Bertz CT molecular complexity index is 1020. The highest BCUT2D eigenvalue weighted by Gasteiger charge is 2.33. The average molecular weight is 405 g/mol. The van der Waals surface area contributed by atoms with E-state index in [1.165, 1.54) is 11.8 Å². The minimum atomic E-state index is -0.603. The van der Waals surface area contributed by atoms with Gasteiger partial charge in [-0.1, -0.05) is 48.0 Å². The van der Waals surface area contributed by atoms with Gasteiger partial charge in [-0.05, 0) is 42.8 Å². The fraction of sp³-hybridized carbons (Fsp3) is 0.130. The summed E-state index contributed by atoms with van der Waals surface area (Å²) < 4.78 is 10.5. The van der Waals surface area contributed by atoms with Gasteiger partial charge in [-0.3, -0.25) is 0 Å². The van der Waals surface area contributed by atoms with E-state index in [0.717, 1.165) is 5.56 Å². The van der Waals surface area contributed by atoms with Crippen molar-refractivity contribution >= 4 is 34.5 Å². The zero-order valence-corrected chi connectivity index (χ0v) is 16.6. The van der Waals surface area contributed by atoms with Gasteiger partial charge in [-0.15, -0.1) is 6.42 Å². The van der Waals surface area contributed by atoms with Gasteiger partial charge in [0.25, 0.3) is 0 Å². The van der Waals surface area contributed by atoms with Gasteiger partial charge in [0.1, 0.15) is 28.7 Å². The first kappa shape index (κ1) is 20.3. The molecule has 0 aromatic heterocycles. The van der Waals surface area contributed by atoms with Crippen molar-refractivity contribution in [2.24, 2.45) is 4.99 Å². The summed E-state index contributed by atoms with van der Waals surface area (Å²) in [4.78, 5) is 17.4. The Morgan fingerprint density at radius 2 is 1.93 bits per heavy atom. The second kappa shape index (κ2) is 9.67. The molecule has 29 heavy (non-hydrogen) atoms. The molecule has 0 saturated heterocycles. The van der Waals surface area contributed by atoms with Crippen LogP contribution in [0.4, 0.5) is 5.69 Å². The van der Waals surface area contributed by atoms with Crippen LogP contribution < -0.4 is 4.74 Å². The van der Waals surface area contributed by atoms with Crippen LogP contribution in [0.5, 0.6) is 5.75 Å². The molecule has 3 rings (SSSR count). The Morgan fingerprint density at radius 3 is 2.59 bits per heavy atom. The molecule has 2 aromatic carbocycles. The minimum Gasteiger partial charge on any atom is -0.506 e. The Kier molecular flexibility index (Phi) is 6.77. The summed E-state index contributed by atoms with van der Waals surface area (Å²) in [6, 6.07) is 16.5. The van der Waals surface area contributed by atoms with Crippen LogP contribution in [-0.4, -0.2) is 29.3 Å². The van der Waals surface area contributed by atoms with Gasteiger partial charge in [0, 0.05) is 0 Å². The van der Waals surface area contributed by atoms with Crippen LogP contribution in [0.3, 0.4) is 0 Å². The summed E-state index contributed by atoms with van der Waals surface area (Å²) in [6.45, 7) is 2.12. The molecule has 5 nitrogen and oxygen atoms in total. The lowest BCUT2D eigenvalue weighted by Gasteiger charge is -2.03. The first-order chi connectivity index (χ1) is 14.1. The van der Waals surface area contributed by atoms with E-state index in [-0.39, 0.29) is 24.5 Å². The zero-order chi connectivity index (χ0) is 20.6. The molecule has 0 atom stereocenters. The molecule has 146 valence electrons. The lowest BCUT2D eigenvalue weighted by molar-refractivity contribution is -0.138. The number of benzene rings is 2. The van der Waals surface area contributed by atoms with E-state index >= 15 is 0 Å². The molecule has 1 aliphatic heterocycles. The van der Waals surface area contributed by atoms with Gasteiger partial charge in [-0.2, -0.15) is 0 Å². The van der Waals surface area contributed by atoms with E-state index in [4.69, 9.17) is 15.9 Å². The topological polar surface area (TPSA) is 68.1 Å². The van der Waals surface area contributed by atoms with Crippen LogP contribution in [0.1, 0.15) is 12.5 Å². The van der Waals surface area contributed by atoms with Crippen molar-refractivity contribution < 1.29 is 19.4 Å². The smallest absolute Gasteiger partial charge is 0.344 e. The van der Waals surface area contributed by atoms with Crippen LogP contribution in [0, 0.1) is 12.3 Å². The van der Waals surface area contributed by atoms with Crippen LogP contribution in [0.25, 0.3) is 6.08 Å². The van der Waals surface area contributed by atoms with E-state index in [9.17, 15) is 9.90 Å². The molecular formula is C23H19NO4S. The number of nitrogens with zero attached hydrogens (tertiary/aromatic N) is 1. The molecule has 0 radical (unpaired) electrons. The molecule has 2 aromatic rings. The predicted octanol–water partition coefficient (Wildman–Crippen LogP) is 4.89. The number of hydrogen-bond donors (Lipinski definition) is 1. The van der Waals surface area contributed by atoms with Crippen molar-refractivity contribution in [3.05, 3.63) is 76.4 Å². The van der Waals surface area contributed by atoms with Crippen LogP contribution in [0.15, 0.2) is 75.8 Å². The second-order valence-electron chi connectivity index (χ2n) is 5.87. The number of aliphatic hydroxyl groups is 1. The number of aliphatic hydroxyl groups excluding tert-OH is 1. The van der Waals surface area contributed by atoms with Crippen molar-refractivity contribution in [2.75, 3.05) is 13.2 Å². The van der Waals surface area contributed by atoms with Gasteiger partial charge >= 0.3 is 5.97 Å². The fourth-order valence-electron chi connectivity index (χ4n) is 2.55. The molecule has 1 heterocycles. The third-order valence-corrected chi connectivity index (χ3v) is 4.88. The Labute approximate surface area is 173 Å². The number of aliphatic imine (C=N–C) groups is 1. The highest BCUT2D eigenvalue weighted by atomic mass is 32.2. The molecule has 0 aliphatic carbocycles. The predicted molar refractivity (Wildman–Crippen MR) is 116 cm³/mol. The number of thioether (sulfide) groups is 1. The van der Waals surface area contributed by atoms with Gasteiger partial charge in [0.15, 0.2) is 0 Å². The molecule has 6 heteroatoms. The summed E-state index contributed by atoms with van der Waals surface area (Å²) in [5.74, 6) is 2.32. The maximum atomic E-state index is 12.4. The van der Waals surface area contributed by atoms with Crippen molar-refractivity contribution in [1.82, 2.24) is 0 Å². The summed E-state index contributed by atoms with van der Waals surface area (Å²) in [5, 5.41) is 11.1. The lowest BCUT2D eigenvalue weighted by Crippen LogP contribution is -2.12. The molecule has 0 unspecified atom stereocenters. The number of ether oxygens (including phenoxy) is 2. The molecule has 0 bridgehead atoms. The van der Waals surface area contributed by atoms with Crippen LogP contribution >= 0.6 is 11.8 Å². The normalized spacial score (nSPS) is 16.1. The highest BCUT2D eigenvalue weighted by Crippen LogP contribution is 2.40. The molecule has 0 saturated carbocycles. The standard InChI is InChI=1S/C23H19NO4S/c1-3-14-28-18-12-10-16(11-13-18)15-19-21(25)20(23(26)27-4-2)22(29-19)24-17-8-6-5-7-9-17/h1,5-13,15,25H,4,14H2,2H3/b19-15-,24-22?. The number of carbonyl (C=O) groups is 1. The van der Waals surface area contributed by atoms with Gasteiger partial charge < -0.3 is 14.6 Å². The molecule has 0 amide bonds. The van der Waals surface area contributed by atoms with Gasteiger partial charge in [-0.25, -0.2) is 9.79 Å². The van der Waals surface area contributed by atoms with E-state index in [1.807, 2.05) is 42.5 Å². The maximum absolute atomic E-state index is 12.4. The number of para-hydroxylation sites is 1. The van der Waals surface area contributed by atoms with Crippen LogP contribution in [0.2, 0.25) is 0 Å². The monoisotopic (exact) mass is 405 g/mol. The summed E-state index contributed by atoms with van der Waals surface area (Å²) in [5.41, 5.74) is 1.58. The Morgan fingerprint density at radius 1 is 1.21 bits per heavy atom. The molecular weight excluding hydrogens is 386 g/mol. The van der Waals surface area contributed by atoms with Crippen molar-refractivity contribution in [3.8, 4) is 18.1 Å². The molecule has 1 N–H and O–H groups in total. The number of rotatable bonds is 6. The van der Waals surface area contributed by atoms with Gasteiger partial charge in [0.05, 0.1) is 17.2 Å². The summed E-state index contributed by atoms with van der Waals surface area (Å²) in [7, 11) is 0. The first-order valence-electron chi connectivity index (χ1n) is 8.93. The van der Waals surface area contributed by atoms with Crippen molar-refractivity contribution in [1.29, 1.82) is 0 Å². The number of hydrogen-bond acceptors (Lipinski definition) is 6. The zero-order valence-electron chi connectivity index (χ0n) is 15.8. The Balaban J connectivity index is 1.93. The number of esters is 1. The third kappa shape index (κ3) is 5.09. The minimum absolute atomic E-state index is 0.0703. The number of terminal acetylenes is 1. The molecule has 0 fully saturated rings. The number of carbonyl (C=O) groups excluding carboxylic acids is 1. The quantitative estimate of drug-likeness (QED) is 0.547. The molecule has 1 aliphatic rings. The SMILES string of the molecule is C#CCOc1ccc(/C=C2\SC(=Nc3ccccc3)C(C(=O)OCC)=C2O)cc1. The Hall–Kier alpha value is -3.43. The second-order valence-corrected chi connectivity index (χ2v) is 6.90. The largest absolute Gasteiger partial charge is 0.506 e. The van der Waals surface area contributed by atoms with E-state index in [2.05, 4.69) is 10.9 Å². The van der Waals surface area contributed by atoms with E-state index in [0.29, 0.717) is 21.4 Å². The highest BCUT2D eigenvalue weighted by molar-refractivity contribution is 8.18. The van der Waals surface area contributed by atoms with Crippen molar-refractivity contribution in [3.63, 3.8) is 0 Å². The fourth-order valence-corrected chi connectivity index (χ4v) is 3.58. The van der Waals surface area contributed by atoms with Gasteiger partial charge in [0.2, 0.25) is 0 Å². The maximum Gasteiger partial charge on any atom is 0.344 e. The van der Waals surface area contributed by atoms with E-state index < -0.39 is 5.97 Å². The first-order valence-corrected chi connectivity index (χ1v) is 9.74. The van der Waals surface area contributed by atoms with E-state index in [1.54, 1.807) is 25.1 Å². The lowest BCUT2D eigenvalue weighted by atomic mass is 10.1. The average Bonchev–Trinajstić information content (AvgIpc) is 3.03. The van der Waals surface area contributed by atoms with Crippen molar-refractivity contribution in [2.45, 2.75) is 6.92 Å². The summed E-state index contributed by atoms with van der Waals surface area (Å²) >= 11 is 1.22. The summed E-state index contributed by atoms with van der Waals surface area (Å²) in [6.07, 6.45) is 6.96. The van der Waals surface area contributed by atoms with Crippen LogP contribution in [-0.2, 0) is 9.53 Å². The third-order valence-electron chi connectivity index (χ3n) is 3.86.